The SMILES string of the molecule is O=c1[nH]c(/C(Cl)=C/c2ccc3ccccc3c2)nc2ccccc12. The molecule has 24 heavy (non-hydrogen) atoms. The average molecular weight is 333 g/mol. The third-order valence-electron chi connectivity index (χ3n) is 3.91. The van der Waals surface area contributed by atoms with Gasteiger partial charge in [0.2, 0.25) is 0 Å². The van der Waals surface area contributed by atoms with Crippen LogP contribution in [0.15, 0.2) is 71.5 Å². The van der Waals surface area contributed by atoms with Crippen LogP contribution in [0.5, 0.6) is 0 Å². The fraction of sp³-hybridized carbons (Fsp3) is 0. The number of aromatic amines is 1. The van der Waals surface area contributed by atoms with E-state index >= 15 is 0 Å². The highest BCUT2D eigenvalue weighted by molar-refractivity contribution is 6.50. The summed E-state index contributed by atoms with van der Waals surface area (Å²) in [5, 5.41) is 3.25. The van der Waals surface area contributed by atoms with Crippen LogP contribution < -0.4 is 5.56 Å². The van der Waals surface area contributed by atoms with Gasteiger partial charge in [0.25, 0.3) is 5.56 Å². The van der Waals surface area contributed by atoms with Crippen molar-refractivity contribution in [1.82, 2.24) is 9.97 Å². The first kappa shape index (κ1) is 14.7. The van der Waals surface area contributed by atoms with Crippen LogP contribution in [0, 0.1) is 0 Å². The van der Waals surface area contributed by atoms with Crippen LogP contribution in [0.4, 0.5) is 0 Å². The van der Waals surface area contributed by atoms with E-state index in [1.165, 1.54) is 5.39 Å². The molecule has 3 aromatic carbocycles. The number of benzene rings is 3. The van der Waals surface area contributed by atoms with E-state index in [1.54, 1.807) is 18.2 Å². The number of rotatable bonds is 2. The standard InChI is InChI=1S/C20H13ClN2O/c21-17(12-13-9-10-14-5-1-2-6-15(14)11-13)19-22-18-8-4-3-7-16(18)20(24)23-19/h1-12H,(H,22,23,24)/b17-12-. The number of halogens is 1. The summed E-state index contributed by atoms with van der Waals surface area (Å²) in [5.74, 6) is 0.369. The second-order valence-corrected chi connectivity index (χ2v) is 5.94. The maximum Gasteiger partial charge on any atom is 0.259 e. The minimum Gasteiger partial charge on any atom is -0.305 e. The zero-order valence-corrected chi connectivity index (χ0v) is 13.4. The van der Waals surface area contributed by atoms with E-state index in [4.69, 9.17) is 11.6 Å². The highest BCUT2D eigenvalue weighted by Crippen LogP contribution is 2.22. The summed E-state index contributed by atoms with van der Waals surface area (Å²) in [6, 6.07) is 21.4. The molecule has 0 aliphatic heterocycles. The number of nitrogens with zero attached hydrogens (tertiary/aromatic N) is 1. The highest BCUT2D eigenvalue weighted by Gasteiger charge is 2.06. The molecule has 0 fully saturated rings. The highest BCUT2D eigenvalue weighted by atomic mass is 35.5. The van der Waals surface area contributed by atoms with Crippen molar-refractivity contribution in [3.63, 3.8) is 0 Å². The molecule has 1 aromatic heterocycles. The summed E-state index contributed by atoms with van der Waals surface area (Å²) in [4.78, 5) is 19.3. The number of hydrogen-bond acceptors (Lipinski definition) is 2. The molecule has 0 spiro atoms. The summed E-state index contributed by atoms with van der Waals surface area (Å²) in [6.07, 6.45) is 1.81. The molecule has 4 heteroatoms. The monoisotopic (exact) mass is 332 g/mol. The first-order chi connectivity index (χ1) is 11.7. The van der Waals surface area contributed by atoms with Gasteiger partial charge in [0, 0.05) is 0 Å². The first-order valence-electron chi connectivity index (χ1n) is 7.56. The normalized spacial score (nSPS) is 12.0. The van der Waals surface area contributed by atoms with E-state index in [0.29, 0.717) is 21.8 Å². The van der Waals surface area contributed by atoms with Crippen molar-refractivity contribution in [1.29, 1.82) is 0 Å². The van der Waals surface area contributed by atoms with Gasteiger partial charge in [0.05, 0.1) is 15.9 Å². The Morgan fingerprint density at radius 2 is 1.71 bits per heavy atom. The summed E-state index contributed by atoms with van der Waals surface area (Å²) in [5.41, 5.74) is 1.39. The molecule has 1 heterocycles. The fourth-order valence-electron chi connectivity index (χ4n) is 2.71. The Balaban J connectivity index is 1.80. The zero-order valence-electron chi connectivity index (χ0n) is 12.7. The first-order valence-corrected chi connectivity index (χ1v) is 7.94. The molecule has 0 aliphatic rings. The van der Waals surface area contributed by atoms with Gasteiger partial charge in [0.1, 0.15) is 0 Å². The molecule has 0 aliphatic carbocycles. The Bertz CT molecular complexity index is 1140. The van der Waals surface area contributed by atoms with E-state index in [1.807, 2.05) is 36.4 Å². The Kier molecular flexibility index (Phi) is 3.63. The Morgan fingerprint density at radius 1 is 0.958 bits per heavy atom. The summed E-state index contributed by atoms with van der Waals surface area (Å²) < 4.78 is 0. The van der Waals surface area contributed by atoms with Crippen LogP contribution in [0.1, 0.15) is 11.4 Å². The molecule has 0 saturated heterocycles. The van der Waals surface area contributed by atoms with Crippen molar-refractivity contribution in [2.24, 2.45) is 0 Å². The molecule has 0 radical (unpaired) electrons. The number of aromatic nitrogens is 2. The average Bonchev–Trinajstić information content (AvgIpc) is 2.61. The molecule has 3 nitrogen and oxygen atoms in total. The van der Waals surface area contributed by atoms with Crippen LogP contribution in [0.3, 0.4) is 0 Å². The van der Waals surface area contributed by atoms with Crippen molar-refractivity contribution >= 4 is 44.4 Å². The maximum atomic E-state index is 12.1. The van der Waals surface area contributed by atoms with Crippen LogP contribution in [0.2, 0.25) is 0 Å². The Hall–Kier alpha value is -2.91. The van der Waals surface area contributed by atoms with E-state index < -0.39 is 0 Å². The van der Waals surface area contributed by atoms with Gasteiger partial charge < -0.3 is 4.98 Å². The van der Waals surface area contributed by atoms with Gasteiger partial charge in [0.15, 0.2) is 5.82 Å². The van der Waals surface area contributed by atoms with Crippen LogP contribution in [-0.2, 0) is 0 Å². The van der Waals surface area contributed by atoms with Crippen molar-refractivity contribution < 1.29 is 0 Å². The van der Waals surface area contributed by atoms with Gasteiger partial charge in [-0.2, -0.15) is 0 Å². The van der Waals surface area contributed by atoms with Crippen molar-refractivity contribution in [2.45, 2.75) is 0 Å². The summed E-state index contributed by atoms with van der Waals surface area (Å²) in [6.45, 7) is 0. The molecular formula is C20H13ClN2O. The number of H-pyrrole nitrogens is 1. The van der Waals surface area contributed by atoms with E-state index in [0.717, 1.165) is 10.9 Å². The van der Waals surface area contributed by atoms with Gasteiger partial charge >= 0.3 is 0 Å². The second-order valence-electron chi connectivity index (χ2n) is 5.53. The minimum atomic E-state index is -0.194. The lowest BCUT2D eigenvalue weighted by atomic mass is 10.1. The number of nitrogens with one attached hydrogen (secondary N) is 1. The van der Waals surface area contributed by atoms with E-state index in [-0.39, 0.29) is 5.56 Å². The largest absolute Gasteiger partial charge is 0.305 e. The van der Waals surface area contributed by atoms with Crippen LogP contribution in [-0.4, -0.2) is 9.97 Å². The zero-order chi connectivity index (χ0) is 16.5. The third-order valence-corrected chi connectivity index (χ3v) is 4.19. The molecule has 0 saturated carbocycles. The summed E-state index contributed by atoms with van der Waals surface area (Å²) in [7, 11) is 0. The van der Waals surface area contributed by atoms with Gasteiger partial charge in [-0.1, -0.05) is 60.1 Å². The second kappa shape index (κ2) is 5.95. The quantitative estimate of drug-likeness (QED) is 0.572. The molecule has 0 unspecified atom stereocenters. The smallest absolute Gasteiger partial charge is 0.259 e. The predicted molar refractivity (Wildman–Crippen MR) is 100 cm³/mol. The minimum absolute atomic E-state index is 0.194. The lowest BCUT2D eigenvalue weighted by molar-refractivity contribution is 1.14. The lowest BCUT2D eigenvalue weighted by Gasteiger charge is -2.03. The number of para-hydroxylation sites is 1. The fourth-order valence-corrected chi connectivity index (χ4v) is 2.93. The van der Waals surface area contributed by atoms with Gasteiger partial charge in [-0.05, 0) is 40.6 Å². The van der Waals surface area contributed by atoms with E-state index in [9.17, 15) is 4.79 Å². The molecule has 1 N–H and O–H groups in total. The molecule has 116 valence electrons. The van der Waals surface area contributed by atoms with Gasteiger partial charge in [-0.15, -0.1) is 0 Å². The Morgan fingerprint density at radius 3 is 2.58 bits per heavy atom. The van der Waals surface area contributed by atoms with Crippen molar-refractivity contribution in [2.75, 3.05) is 0 Å². The maximum absolute atomic E-state index is 12.1. The van der Waals surface area contributed by atoms with Gasteiger partial charge in [-0.3, -0.25) is 4.79 Å². The number of hydrogen-bond donors (Lipinski definition) is 1. The van der Waals surface area contributed by atoms with Crippen LogP contribution in [0.25, 0.3) is 32.8 Å². The summed E-state index contributed by atoms with van der Waals surface area (Å²) >= 11 is 6.39. The third kappa shape index (κ3) is 2.70. The number of fused-ring (bicyclic) bond motifs is 2. The van der Waals surface area contributed by atoms with Crippen LogP contribution >= 0.6 is 11.6 Å². The van der Waals surface area contributed by atoms with Crippen molar-refractivity contribution in [3.05, 3.63) is 88.5 Å². The lowest BCUT2D eigenvalue weighted by Crippen LogP contribution is -2.10. The molecule has 0 amide bonds. The van der Waals surface area contributed by atoms with Gasteiger partial charge in [-0.25, -0.2) is 4.98 Å². The topological polar surface area (TPSA) is 45.8 Å². The molecular weight excluding hydrogens is 320 g/mol. The Labute approximate surface area is 143 Å². The molecule has 4 aromatic rings. The molecule has 0 bridgehead atoms. The van der Waals surface area contributed by atoms with Crippen molar-refractivity contribution in [3.8, 4) is 0 Å². The molecule has 4 rings (SSSR count). The molecule has 0 atom stereocenters. The predicted octanol–water partition coefficient (Wildman–Crippen LogP) is 4.81. The van der Waals surface area contributed by atoms with E-state index in [2.05, 4.69) is 28.2 Å².